The van der Waals surface area contributed by atoms with Gasteiger partial charge in [-0.1, -0.05) is 0 Å². The number of rotatable bonds is 5. The smallest absolute Gasteiger partial charge is 0.337 e. The molecule has 1 aliphatic heterocycles. The lowest BCUT2D eigenvalue weighted by Gasteiger charge is -2.37. The number of carbonyl (C=O) groups excluding carboxylic acids is 1. The van der Waals surface area contributed by atoms with Crippen molar-refractivity contribution in [2.24, 2.45) is 0 Å². The number of halogens is 1. The van der Waals surface area contributed by atoms with Gasteiger partial charge < -0.3 is 19.3 Å². The lowest BCUT2D eigenvalue weighted by atomic mass is 10.1. The number of ether oxygens (including phenoxy) is 2. The average molecular weight is 489 g/mol. The van der Waals surface area contributed by atoms with Gasteiger partial charge in [-0.2, -0.15) is 0 Å². The summed E-state index contributed by atoms with van der Waals surface area (Å²) in [4.78, 5) is 34.8. The van der Waals surface area contributed by atoms with Crippen molar-refractivity contribution < 1.29 is 18.7 Å². The second kappa shape index (κ2) is 9.69. The summed E-state index contributed by atoms with van der Waals surface area (Å²) in [7, 11) is 2.94. The first-order valence-corrected chi connectivity index (χ1v) is 11.5. The first-order chi connectivity index (χ1) is 17.5. The summed E-state index contributed by atoms with van der Waals surface area (Å²) in [6.07, 6.45) is 0. The predicted molar refractivity (Wildman–Crippen MR) is 136 cm³/mol. The largest absolute Gasteiger partial charge is 0.497 e. The summed E-state index contributed by atoms with van der Waals surface area (Å²) >= 11 is 0. The number of hydrogen-bond donors (Lipinski definition) is 0. The van der Waals surface area contributed by atoms with Gasteiger partial charge in [-0.3, -0.25) is 4.79 Å². The number of hydrogen-bond acceptors (Lipinski definition) is 7. The quantitative estimate of drug-likeness (QED) is 0.397. The fourth-order valence-electron chi connectivity index (χ4n) is 4.41. The van der Waals surface area contributed by atoms with E-state index in [1.807, 2.05) is 29.2 Å². The summed E-state index contributed by atoms with van der Waals surface area (Å²) in [5.74, 6) is 0.344. The van der Waals surface area contributed by atoms with Gasteiger partial charge in [0.25, 0.3) is 5.56 Å². The molecular weight excluding hydrogens is 463 g/mol. The van der Waals surface area contributed by atoms with Crippen LogP contribution in [0.3, 0.4) is 0 Å². The van der Waals surface area contributed by atoms with Crippen LogP contribution in [0.25, 0.3) is 16.6 Å². The minimum atomic E-state index is -0.504. The molecule has 2 heterocycles. The number of carbonyl (C=O) groups is 1. The zero-order valence-corrected chi connectivity index (χ0v) is 20.0. The van der Waals surface area contributed by atoms with Crippen LogP contribution in [0.2, 0.25) is 0 Å². The highest BCUT2D eigenvalue weighted by Gasteiger charge is 2.24. The minimum absolute atomic E-state index is 0.296. The lowest BCUT2D eigenvalue weighted by molar-refractivity contribution is 0.0601. The first-order valence-electron chi connectivity index (χ1n) is 11.5. The Kier molecular flexibility index (Phi) is 6.28. The standard InChI is InChI=1S/C27H25FN4O4/c1-35-22-10-8-20(9-11-22)30-13-15-31(16-14-30)27-29-24-17-18(26(34)36-2)3-12-23(24)25(33)32(27)21-6-4-19(28)5-7-21/h3-12,17H,13-16H2,1-2H3. The SMILES string of the molecule is COC(=O)c1ccc2c(=O)n(-c3ccc(F)cc3)c(N3CCN(c4ccc(OC)cc4)CC3)nc2c1. The van der Waals surface area contributed by atoms with Crippen molar-refractivity contribution in [2.45, 2.75) is 0 Å². The number of esters is 1. The molecule has 0 amide bonds. The van der Waals surface area contributed by atoms with Crippen LogP contribution < -0.4 is 20.1 Å². The molecule has 4 aromatic rings. The van der Waals surface area contributed by atoms with Crippen molar-refractivity contribution in [1.29, 1.82) is 0 Å². The molecule has 0 atom stereocenters. The molecule has 0 unspecified atom stereocenters. The molecule has 0 saturated carbocycles. The molecule has 3 aromatic carbocycles. The van der Waals surface area contributed by atoms with E-state index in [4.69, 9.17) is 14.5 Å². The molecule has 9 heteroatoms. The number of fused-ring (bicyclic) bond motifs is 1. The van der Waals surface area contributed by atoms with Gasteiger partial charge in [0.05, 0.1) is 36.4 Å². The number of aromatic nitrogens is 2. The number of nitrogens with zero attached hydrogens (tertiary/aromatic N) is 4. The molecule has 1 aromatic heterocycles. The van der Waals surface area contributed by atoms with Crippen molar-refractivity contribution >= 4 is 28.5 Å². The molecule has 0 aliphatic carbocycles. The fraction of sp³-hybridized carbons (Fsp3) is 0.222. The van der Waals surface area contributed by atoms with Crippen LogP contribution in [-0.2, 0) is 4.74 Å². The van der Waals surface area contributed by atoms with Crippen LogP contribution in [0.5, 0.6) is 5.75 Å². The Hall–Kier alpha value is -4.40. The van der Waals surface area contributed by atoms with Gasteiger partial charge in [-0.25, -0.2) is 18.7 Å². The normalized spacial score (nSPS) is 13.6. The molecule has 0 bridgehead atoms. The monoisotopic (exact) mass is 488 g/mol. The molecule has 0 radical (unpaired) electrons. The average Bonchev–Trinajstić information content (AvgIpc) is 2.93. The van der Waals surface area contributed by atoms with Gasteiger partial charge >= 0.3 is 5.97 Å². The van der Waals surface area contributed by atoms with E-state index in [1.54, 1.807) is 37.4 Å². The molecule has 0 N–H and O–H groups in total. The van der Waals surface area contributed by atoms with Crippen LogP contribution >= 0.6 is 0 Å². The molecular formula is C27H25FN4O4. The summed E-state index contributed by atoms with van der Waals surface area (Å²) in [6.45, 7) is 2.65. The Labute approximate surface area is 207 Å². The van der Waals surface area contributed by atoms with Crippen LogP contribution in [0, 0.1) is 5.82 Å². The molecule has 8 nitrogen and oxygen atoms in total. The van der Waals surface area contributed by atoms with E-state index in [0.717, 1.165) is 11.4 Å². The Bertz CT molecular complexity index is 1460. The topological polar surface area (TPSA) is 76.9 Å². The number of benzene rings is 3. The number of methoxy groups -OCH3 is 2. The molecule has 1 aliphatic rings. The van der Waals surface area contributed by atoms with Crippen molar-refractivity contribution in [2.75, 3.05) is 50.2 Å². The number of piperazine rings is 1. The van der Waals surface area contributed by atoms with Crippen LogP contribution in [-0.4, -0.2) is 55.9 Å². The third-order valence-corrected chi connectivity index (χ3v) is 6.36. The molecule has 1 saturated heterocycles. The van der Waals surface area contributed by atoms with Gasteiger partial charge in [0, 0.05) is 31.9 Å². The van der Waals surface area contributed by atoms with Gasteiger partial charge in [-0.05, 0) is 66.7 Å². The summed E-state index contributed by atoms with van der Waals surface area (Å²) < 4.78 is 25.2. The summed E-state index contributed by atoms with van der Waals surface area (Å²) in [6, 6.07) is 18.3. The molecule has 1 fully saturated rings. The van der Waals surface area contributed by atoms with Crippen LogP contribution in [0.1, 0.15) is 10.4 Å². The predicted octanol–water partition coefficient (Wildman–Crippen LogP) is 3.65. The Morgan fingerprint density at radius 2 is 1.50 bits per heavy atom. The Morgan fingerprint density at radius 3 is 2.14 bits per heavy atom. The van der Waals surface area contributed by atoms with Crippen molar-refractivity contribution in [1.82, 2.24) is 9.55 Å². The fourth-order valence-corrected chi connectivity index (χ4v) is 4.41. The highest BCUT2D eigenvalue weighted by atomic mass is 19.1. The van der Waals surface area contributed by atoms with Gasteiger partial charge in [0.1, 0.15) is 11.6 Å². The summed E-state index contributed by atoms with van der Waals surface area (Å²) in [5.41, 5.74) is 2.01. The molecule has 36 heavy (non-hydrogen) atoms. The summed E-state index contributed by atoms with van der Waals surface area (Å²) in [5, 5.41) is 0.354. The van der Waals surface area contributed by atoms with E-state index < -0.39 is 11.8 Å². The van der Waals surface area contributed by atoms with Gasteiger partial charge in [0.15, 0.2) is 0 Å². The Morgan fingerprint density at radius 1 is 0.861 bits per heavy atom. The van der Waals surface area contributed by atoms with Crippen molar-refractivity contribution in [3.63, 3.8) is 0 Å². The maximum Gasteiger partial charge on any atom is 0.337 e. The maximum absolute atomic E-state index is 13.6. The van der Waals surface area contributed by atoms with E-state index in [-0.39, 0.29) is 5.56 Å². The second-order valence-corrected chi connectivity index (χ2v) is 8.42. The van der Waals surface area contributed by atoms with E-state index in [2.05, 4.69) is 4.90 Å². The third kappa shape index (κ3) is 4.35. The highest BCUT2D eigenvalue weighted by Crippen LogP contribution is 2.25. The van der Waals surface area contributed by atoms with Crippen LogP contribution in [0.15, 0.2) is 71.5 Å². The van der Waals surface area contributed by atoms with Gasteiger partial charge in [0.2, 0.25) is 5.95 Å². The van der Waals surface area contributed by atoms with Crippen molar-refractivity contribution in [3.8, 4) is 11.4 Å². The molecule has 0 spiro atoms. The van der Waals surface area contributed by atoms with E-state index >= 15 is 0 Å². The van der Waals surface area contributed by atoms with E-state index in [1.165, 1.54) is 23.8 Å². The third-order valence-electron chi connectivity index (χ3n) is 6.36. The lowest BCUT2D eigenvalue weighted by Crippen LogP contribution is -2.48. The van der Waals surface area contributed by atoms with Crippen molar-refractivity contribution in [3.05, 3.63) is 88.5 Å². The van der Waals surface area contributed by atoms with Gasteiger partial charge in [-0.15, -0.1) is 0 Å². The molecule has 184 valence electrons. The van der Waals surface area contributed by atoms with E-state index in [0.29, 0.717) is 54.3 Å². The zero-order chi connectivity index (χ0) is 25.2. The van der Waals surface area contributed by atoms with Crippen LogP contribution in [0.4, 0.5) is 16.0 Å². The number of anilines is 2. The first kappa shape index (κ1) is 23.3. The highest BCUT2D eigenvalue weighted by molar-refractivity contribution is 5.94. The minimum Gasteiger partial charge on any atom is -0.497 e. The zero-order valence-electron chi connectivity index (χ0n) is 20.0. The molecule has 5 rings (SSSR count). The van der Waals surface area contributed by atoms with E-state index in [9.17, 15) is 14.0 Å². The Balaban J connectivity index is 1.54. The second-order valence-electron chi connectivity index (χ2n) is 8.42. The maximum atomic E-state index is 13.6.